The van der Waals surface area contributed by atoms with Crippen LogP contribution in [0.15, 0.2) is 23.0 Å². The fourth-order valence-electron chi connectivity index (χ4n) is 2.54. The first-order chi connectivity index (χ1) is 8.74. The van der Waals surface area contributed by atoms with Gasteiger partial charge in [0.05, 0.1) is 10.2 Å². The zero-order valence-corrected chi connectivity index (χ0v) is 10.8. The molecular weight excluding hydrogens is 251 g/mol. The smallest absolute Gasteiger partial charge is 0.308 e. The minimum atomic E-state index is -0.280. The third kappa shape index (κ3) is 2.20. The summed E-state index contributed by atoms with van der Waals surface area (Å²) in [5, 5.41) is 3.32. The predicted octanol–water partition coefficient (Wildman–Crippen LogP) is 2.20. The lowest BCUT2D eigenvalue weighted by Gasteiger charge is -2.22. The van der Waals surface area contributed by atoms with Gasteiger partial charge in [-0.1, -0.05) is 11.3 Å². The van der Waals surface area contributed by atoms with E-state index in [1.165, 1.54) is 12.1 Å². The number of fused-ring (bicyclic) bond motifs is 1. The summed E-state index contributed by atoms with van der Waals surface area (Å²) in [5.41, 5.74) is 0.866. The minimum absolute atomic E-state index is 0.0223. The second kappa shape index (κ2) is 4.82. The van der Waals surface area contributed by atoms with Crippen molar-refractivity contribution in [2.45, 2.75) is 19.4 Å². The molecule has 0 bridgehead atoms. The van der Waals surface area contributed by atoms with Gasteiger partial charge in [-0.25, -0.2) is 4.39 Å². The molecule has 1 aromatic heterocycles. The second-order valence-corrected chi connectivity index (χ2v) is 5.78. The molecule has 2 heterocycles. The van der Waals surface area contributed by atoms with Crippen molar-refractivity contribution >= 4 is 21.6 Å². The number of piperidine rings is 1. The number of thiazole rings is 1. The van der Waals surface area contributed by atoms with Gasteiger partial charge in [-0.15, -0.1) is 0 Å². The molecule has 0 aliphatic carbocycles. The summed E-state index contributed by atoms with van der Waals surface area (Å²) in [6.07, 6.45) is 2.20. The van der Waals surface area contributed by atoms with E-state index in [-0.39, 0.29) is 10.7 Å². The molecule has 1 fully saturated rings. The highest BCUT2D eigenvalue weighted by Crippen LogP contribution is 2.21. The number of halogens is 1. The first kappa shape index (κ1) is 11.9. The highest BCUT2D eigenvalue weighted by atomic mass is 32.1. The van der Waals surface area contributed by atoms with Gasteiger partial charge in [-0.2, -0.15) is 0 Å². The average Bonchev–Trinajstić information content (AvgIpc) is 2.66. The van der Waals surface area contributed by atoms with Gasteiger partial charge in [-0.05, 0) is 50.0 Å². The molecule has 1 N–H and O–H groups in total. The van der Waals surface area contributed by atoms with Gasteiger partial charge in [0, 0.05) is 6.54 Å². The molecule has 96 valence electrons. The van der Waals surface area contributed by atoms with Crippen LogP contribution in [-0.2, 0) is 6.54 Å². The average molecular weight is 266 g/mol. The Morgan fingerprint density at radius 1 is 1.39 bits per heavy atom. The molecule has 0 atom stereocenters. The van der Waals surface area contributed by atoms with Gasteiger partial charge >= 0.3 is 4.87 Å². The molecule has 0 radical (unpaired) electrons. The molecule has 1 saturated heterocycles. The summed E-state index contributed by atoms with van der Waals surface area (Å²) in [5.74, 6) is 0.268. The quantitative estimate of drug-likeness (QED) is 0.904. The number of benzene rings is 1. The van der Waals surface area contributed by atoms with Crippen molar-refractivity contribution in [3.63, 3.8) is 0 Å². The van der Waals surface area contributed by atoms with Crippen LogP contribution in [0, 0.1) is 11.7 Å². The van der Waals surface area contributed by atoms with Crippen LogP contribution < -0.4 is 10.2 Å². The summed E-state index contributed by atoms with van der Waals surface area (Å²) >= 11 is 1.13. The Bertz CT molecular complexity index is 613. The van der Waals surface area contributed by atoms with E-state index in [2.05, 4.69) is 5.32 Å². The number of nitrogens with zero attached hydrogens (tertiary/aromatic N) is 1. The van der Waals surface area contributed by atoms with Crippen molar-refractivity contribution in [2.75, 3.05) is 13.1 Å². The number of rotatable bonds is 2. The topological polar surface area (TPSA) is 34.0 Å². The van der Waals surface area contributed by atoms with Crippen molar-refractivity contribution in [3.8, 4) is 0 Å². The molecule has 1 aromatic carbocycles. The van der Waals surface area contributed by atoms with Crippen LogP contribution in [0.25, 0.3) is 10.2 Å². The molecule has 1 aliphatic heterocycles. The molecule has 0 saturated carbocycles. The molecule has 0 unspecified atom stereocenters. The van der Waals surface area contributed by atoms with Gasteiger partial charge in [-0.3, -0.25) is 9.36 Å². The molecule has 5 heteroatoms. The van der Waals surface area contributed by atoms with Crippen molar-refractivity contribution in [1.29, 1.82) is 0 Å². The summed E-state index contributed by atoms with van der Waals surface area (Å²) in [6, 6.07) is 4.58. The fourth-order valence-corrected chi connectivity index (χ4v) is 3.46. The Morgan fingerprint density at radius 3 is 2.94 bits per heavy atom. The second-order valence-electron chi connectivity index (χ2n) is 4.78. The van der Waals surface area contributed by atoms with Crippen molar-refractivity contribution in [3.05, 3.63) is 33.7 Å². The number of hydrogen-bond acceptors (Lipinski definition) is 3. The Labute approximate surface area is 108 Å². The van der Waals surface area contributed by atoms with E-state index in [0.29, 0.717) is 5.92 Å². The first-order valence-electron chi connectivity index (χ1n) is 6.23. The van der Waals surface area contributed by atoms with E-state index in [1.807, 2.05) is 0 Å². The summed E-state index contributed by atoms with van der Waals surface area (Å²) in [7, 11) is 0. The lowest BCUT2D eigenvalue weighted by Crippen LogP contribution is -2.31. The van der Waals surface area contributed by atoms with Crippen molar-refractivity contribution in [1.82, 2.24) is 9.88 Å². The normalized spacial score (nSPS) is 17.4. The van der Waals surface area contributed by atoms with Crippen LogP contribution in [0.2, 0.25) is 0 Å². The van der Waals surface area contributed by atoms with Crippen molar-refractivity contribution in [2.24, 2.45) is 5.92 Å². The third-order valence-corrected chi connectivity index (χ3v) is 4.47. The minimum Gasteiger partial charge on any atom is -0.317 e. The van der Waals surface area contributed by atoms with Crippen LogP contribution in [0.3, 0.4) is 0 Å². The van der Waals surface area contributed by atoms with Gasteiger partial charge in [0.2, 0.25) is 0 Å². The fraction of sp³-hybridized carbons (Fsp3) is 0.462. The van der Waals surface area contributed by atoms with Gasteiger partial charge in [0.15, 0.2) is 0 Å². The van der Waals surface area contributed by atoms with Gasteiger partial charge < -0.3 is 5.32 Å². The van der Waals surface area contributed by atoms with E-state index in [9.17, 15) is 9.18 Å². The monoisotopic (exact) mass is 266 g/mol. The maximum atomic E-state index is 13.1. The van der Waals surface area contributed by atoms with E-state index >= 15 is 0 Å². The van der Waals surface area contributed by atoms with E-state index < -0.39 is 0 Å². The molecule has 3 nitrogen and oxygen atoms in total. The third-order valence-electron chi connectivity index (χ3n) is 3.53. The molecular formula is C13H15FN2OS. The van der Waals surface area contributed by atoms with Crippen LogP contribution in [-0.4, -0.2) is 17.7 Å². The van der Waals surface area contributed by atoms with Crippen LogP contribution in [0.1, 0.15) is 12.8 Å². The van der Waals surface area contributed by atoms with E-state index in [1.54, 1.807) is 10.6 Å². The SMILES string of the molecule is O=c1sc2cc(F)ccc2n1CC1CCNCC1. The molecule has 0 spiro atoms. The zero-order valence-electron chi connectivity index (χ0n) is 9.99. The Balaban J connectivity index is 1.95. The molecule has 0 amide bonds. The van der Waals surface area contributed by atoms with Gasteiger partial charge in [0.25, 0.3) is 0 Å². The Kier molecular flexibility index (Phi) is 3.18. The van der Waals surface area contributed by atoms with E-state index in [4.69, 9.17) is 0 Å². The standard InChI is InChI=1S/C13H15FN2OS/c14-10-1-2-11-12(7-10)18-13(17)16(11)8-9-3-5-15-6-4-9/h1-2,7,9,15H,3-6,8H2. The number of aromatic nitrogens is 1. The maximum Gasteiger partial charge on any atom is 0.308 e. The lowest BCUT2D eigenvalue weighted by molar-refractivity contribution is 0.335. The number of nitrogens with one attached hydrogen (secondary N) is 1. The zero-order chi connectivity index (χ0) is 12.5. The summed E-state index contributed by atoms with van der Waals surface area (Å²) in [4.78, 5) is 12.0. The van der Waals surface area contributed by atoms with Crippen LogP contribution in [0.4, 0.5) is 4.39 Å². The van der Waals surface area contributed by atoms with E-state index in [0.717, 1.165) is 54.0 Å². The maximum absolute atomic E-state index is 13.1. The molecule has 3 rings (SSSR count). The predicted molar refractivity (Wildman–Crippen MR) is 71.6 cm³/mol. The first-order valence-corrected chi connectivity index (χ1v) is 7.05. The highest BCUT2D eigenvalue weighted by Gasteiger charge is 2.16. The number of hydrogen-bond donors (Lipinski definition) is 1. The lowest BCUT2D eigenvalue weighted by atomic mass is 9.98. The molecule has 18 heavy (non-hydrogen) atoms. The molecule has 2 aromatic rings. The van der Waals surface area contributed by atoms with Crippen LogP contribution >= 0.6 is 11.3 Å². The summed E-state index contributed by atoms with van der Waals surface area (Å²) < 4.78 is 15.7. The highest BCUT2D eigenvalue weighted by molar-refractivity contribution is 7.16. The Morgan fingerprint density at radius 2 is 2.17 bits per heavy atom. The van der Waals surface area contributed by atoms with Gasteiger partial charge in [0.1, 0.15) is 5.82 Å². The molecule has 1 aliphatic rings. The Hall–Kier alpha value is -1.20. The van der Waals surface area contributed by atoms with Crippen LogP contribution in [0.5, 0.6) is 0 Å². The summed E-state index contributed by atoms with van der Waals surface area (Å²) in [6.45, 7) is 2.80. The largest absolute Gasteiger partial charge is 0.317 e. The van der Waals surface area contributed by atoms with Crippen molar-refractivity contribution < 1.29 is 4.39 Å².